The molecule has 1 atom stereocenters. The highest BCUT2D eigenvalue weighted by molar-refractivity contribution is 7.80. The van der Waals surface area contributed by atoms with E-state index in [1.165, 1.54) is 19.3 Å². The van der Waals surface area contributed by atoms with Crippen LogP contribution in [0.3, 0.4) is 0 Å². The Labute approximate surface area is 188 Å². The van der Waals surface area contributed by atoms with Crippen LogP contribution >= 0.6 is 12.2 Å². The molecule has 5 aliphatic rings. The van der Waals surface area contributed by atoms with Crippen LogP contribution < -0.4 is 24.8 Å². The minimum Gasteiger partial charge on any atom is -0.493 e. The Morgan fingerprint density at radius 2 is 1.52 bits per heavy atom. The minimum atomic E-state index is -0.351. The molecule has 0 aromatic heterocycles. The Morgan fingerprint density at radius 3 is 1.97 bits per heavy atom. The molecule has 164 valence electrons. The predicted molar refractivity (Wildman–Crippen MR) is 121 cm³/mol. The molecule has 1 aliphatic heterocycles. The van der Waals surface area contributed by atoms with E-state index in [0.29, 0.717) is 22.4 Å². The van der Waals surface area contributed by atoms with Crippen LogP contribution in [0.4, 0.5) is 0 Å². The number of allylic oxidation sites excluding steroid dienone is 1. The molecule has 1 unspecified atom stereocenters. The van der Waals surface area contributed by atoms with Gasteiger partial charge in [-0.2, -0.15) is 5.26 Å². The Hall–Kier alpha value is -2.46. The van der Waals surface area contributed by atoms with E-state index < -0.39 is 0 Å². The quantitative estimate of drug-likeness (QED) is 0.665. The number of nitrogens with zero attached hydrogens (tertiary/aromatic N) is 1. The summed E-state index contributed by atoms with van der Waals surface area (Å²) in [5, 5.41) is 17.7. The van der Waals surface area contributed by atoms with E-state index in [-0.39, 0.29) is 11.5 Å². The third-order valence-corrected chi connectivity index (χ3v) is 8.00. The summed E-state index contributed by atoms with van der Waals surface area (Å²) in [5.41, 5.74) is 2.70. The van der Waals surface area contributed by atoms with Crippen molar-refractivity contribution in [3.8, 4) is 23.3 Å². The molecule has 7 heteroatoms. The van der Waals surface area contributed by atoms with Gasteiger partial charge in [0.05, 0.1) is 39.0 Å². The first-order valence-electron chi connectivity index (χ1n) is 11.0. The highest BCUT2D eigenvalue weighted by Gasteiger charge is 2.54. The number of hydrogen-bond acceptors (Lipinski definition) is 5. The van der Waals surface area contributed by atoms with Crippen molar-refractivity contribution in [2.24, 2.45) is 23.2 Å². The van der Waals surface area contributed by atoms with Crippen molar-refractivity contribution in [2.75, 3.05) is 21.3 Å². The maximum absolute atomic E-state index is 10.3. The third-order valence-electron chi connectivity index (χ3n) is 7.78. The molecule has 4 aliphatic carbocycles. The second kappa shape index (κ2) is 7.59. The number of nitriles is 1. The number of nitrogens with one attached hydrogen (secondary N) is 2. The third kappa shape index (κ3) is 3.23. The van der Waals surface area contributed by atoms with Crippen molar-refractivity contribution in [1.29, 1.82) is 5.26 Å². The first kappa shape index (κ1) is 20.4. The summed E-state index contributed by atoms with van der Waals surface area (Å²) >= 11 is 5.63. The maximum Gasteiger partial charge on any atom is 0.203 e. The smallest absolute Gasteiger partial charge is 0.203 e. The van der Waals surface area contributed by atoms with Gasteiger partial charge in [-0.05, 0) is 86.2 Å². The van der Waals surface area contributed by atoms with Crippen LogP contribution in [0.15, 0.2) is 23.4 Å². The van der Waals surface area contributed by atoms with Crippen molar-refractivity contribution >= 4 is 17.3 Å². The zero-order valence-corrected chi connectivity index (χ0v) is 19.1. The van der Waals surface area contributed by atoms with Crippen LogP contribution in [-0.4, -0.2) is 26.4 Å². The average Bonchev–Trinajstić information content (AvgIpc) is 2.76. The minimum absolute atomic E-state index is 0.0465. The Kier molecular flexibility index (Phi) is 5.01. The van der Waals surface area contributed by atoms with Gasteiger partial charge < -0.3 is 24.8 Å². The number of hydrogen-bond donors (Lipinski definition) is 2. The predicted octanol–water partition coefficient (Wildman–Crippen LogP) is 4.23. The second-order valence-electron chi connectivity index (χ2n) is 9.59. The lowest BCUT2D eigenvalue weighted by molar-refractivity contribution is -0.0335. The van der Waals surface area contributed by atoms with Gasteiger partial charge in [0.25, 0.3) is 0 Å². The van der Waals surface area contributed by atoms with E-state index in [1.54, 1.807) is 21.3 Å². The molecule has 1 heterocycles. The van der Waals surface area contributed by atoms with Crippen LogP contribution in [0, 0.1) is 34.5 Å². The fraction of sp³-hybridized carbons (Fsp3) is 0.583. The van der Waals surface area contributed by atoms with Crippen molar-refractivity contribution in [1.82, 2.24) is 10.6 Å². The van der Waals surface area contributed by atoms with E-state index in [9.17, 15) is 5.26 Å². The lowest BCUT2D eigenvalue weighted by atomic mass is 9.48. The Morgan fingerprint density at radius 1 is 0.968 bits per heavy atom. The number of thiocarbonyl (C=S) groups is 1. The summed E-state index contributed by atoms with van der Waals surface area (Å²) in [7, 11) is 4.79. The molecule has 0 saturated heterocycles. The molecule has 4 saturated carbocycles. The molecule has 6 nitrogen and oxygen atoms in total. The van der Waals surface area contributed by atoms with E-state index in [4.69, 9.17) is 26.4 Å². The van der Waals surface area contributed by atoms with Gasteiger partial charge in [0.1, 0.15) is 0 Å². The van der Waals surface area contributed by atoms with Gasteiger partial charge in [0.15, 0.2) is 16.6 Å². The molecule has 0 spiro atoms. The molecule has 4 bridgehead atoms. The molecule has 31 heavy (non-hydrogen) atoms. The standard InChI is InChI=1S/C24H29N3O3S/c1-28-18-7-16(8-19(29-2)21(18)30-3)20-17(12-25)22(27-23(31)26-20)24-9-13-4-14(10-24)6-15(5-13)11-24/h7-8,13-15,20H,4-6,9-11H2,1-3H3,(H2,26,27,31). The molecule has 0 amide bonds. The van der Waals surface area contributed by atoms with E-state index in [2.05, 4.69) is 16.7 Å². The van der Waals surface area contributed by atoms with Crippen LogP contribution in [0.2, 0.25) is 0 Å². The summed E-state index contributed by atoms with van der Waals surface area (Å²) in [5.74, 6) is 4.01. The Bertz CT molecular complexity index is 936. The molecule has 1 aromatic carbocycles. The molecule has 6 rings (SSSR count). The molecule has 0 radical (unpaired) electrons. The van der Waals surface area contributed by atoms with Gasteiger partial charge in [-0.1, -0.05) is 0 Å². The fourth-order valence-electron chi connectivity index (χ4n) is 7.04. The van der Waals surface area contributed by atoms with E-state index >= 15 is 0 Å². The van der Waals surface area contributed by atoms with Gasteiger partial charge in [-0.25, -0.2) is 0 Å². The summed E-state index contributed by atoms with van der Waals surface area (Å²) in [6, 6.07) is 5.99. The fourth-order valence-corrected chi connectivity index (χ4v) is 7.26. The highest BCUT2D eigenvalue weighted by atomic mass is 32.1. The molecular weight excluding hydrogens is 410 g/mol. The molecular formula is C24H29N3O3S. The van der Waals surface area contributed by atoms with Crippen molar-refractivity contribution in [2.45, 2.75) is 44.6 Å². The van der Waals surface area contributed by atoms with Gasteiger partial charge >= 0.3 is 0 Å². The summed E-state index contributed by atoms with van der Waals surface area (Å²) in [6.45, 7) is 0. The Balaban J connectivity index is 1.62. The van der Waals surface area contributed by atoms with Crippen molar-refractivity contribution in [3.63, 3.8) is 0 Å². The zero-order chi connectivity index (χ0) is 21.8. The van der Waals surface area contributed by atoms with Crippen molar-refractivity contribution < 1.29 is 14.2 Å². The molecule has 4 fully saturated rings. The monoisotopic (exact) mass is 439 g/mol. The normalized spacial score (nSPS) is 33.4. The largest absolute Gasteiger partial charge is 0.493 e. The number of benzene rings is 1. The lowest BCUT2D eigenvalue weighted by Gasteiger charge is -2.58. The first-order chi connectivity index (χ1) is 15.0. The topological polar surface area (TPSA) is 75.5 Å². The van der Waals surface area contributed by atoms with Crippen LogP contribution in [0.1, 0.15) is 50.1 Å². The summed E-state index contributed by atoms with van der Waals surface area (Å²) < 4.78 is 16.6. The number of methoxy groups -OCH3 is 3. The van der Waals surface area contributed by atoms with Gasteiger partial charge in [0, 0.05) is 11.1 Å². The van der Waals surface area contributed by atoms with E-state index in [0.717, 1.165) is 53.8 Å². The lowest BCUT2D eigenvalue weighted by Crippen LogP contribution is -2.54. The molecule has 1 aromatic rings. The van der Waals surface area contributed by atoms with E-state index in [1.807, 2.05) is 12.1 Å². The second-order valence-corrected chi connectivity index (χ2v) is 10.00. The average molecular weight is 440 g/mol. The number of rotatable bonds is 5. The van der Waals surface area contributed by atoms with Crippen LogP contribution in [-0.2, 0) is 0 Å². The zero-order valence-electron chi connectivity index (χ0n) is 18.3. The van der Waals surface area contributed by atoms with Gasteiger partial charge in [0.2, 0.25) is 5.75 Å². The first-order valence-corrected chi connectivity index (χ1v) is 11.4. The maximum atomic E-state index is 10.3. The summed E-state index contributed by atoms with van der Waals surface area (Å²) in [6.07, 6.45) is 7.56. The van der Waals surface area contributed by atoms with Gasteiger partial charge in [-0.15, -0.1) is 0 Å². The summed E-state index contributed by atoms with van der Waals surface area (Å²) in [4.78, 5) is 0. The molecule has 2 N–H and O–H groups in total. The highest BCUT2D eigenvalue weighted by Crippen LogP contribution is 2.63. The SMILES string of the molecule is COc1cc(C2NC(=S)NC(C34CC5CC(CC(C5)C3)C4)=C2C#N)cc(OC)c1OC. The van der Waals surface area contributed by atoms with Crippen LogP contribution in [0.25, 0.3) is 0 Å². The number of ether oxygens (including phenoxy) is 3. The van der Waals surface area contributed by atoms with Crippen LogP contribution in [0.5, 0.6) is 17.2 Å². The van der Waals surface area contributed by atoms with Crippen molar-refractivity contribution in [3.05, 3.63) is 29.0 Å². The van der Waals surface area contributed by atoms with Gasteiger partial charge in [-0.3, -0.25) is 0 Å².